The Morgan fingerprint density at radius 1 is 0.806 bits per heavy atom. The first-order valence-corrected chi connectivity index (χ1v) is 12.0. The zero-order valence-electron chi connectivity index (χ0n) is 20.6. The van der Waals surface area contributed by atoms with E-state index in [1.54, 1.807) is 13.8 Å². The van der Waals surface area contributed by atoms with Gasteiger partial charge < -0.3 is 49.7 Å². The highest BCUT2D eigenvalue weighted by Crippen LogP contribution is 2.05. The minimum absolute atomic E-state index is 0.0728. The molecule has 14 N–H and O–H groups in total. The summed E-state index contributed by atoms with van der Waals surface area (Å²) in [5, 5.41) is 16.8. The van der Waals surface area contributed by atoms with E-state index in [-0.39, 0.29) is 43.6 Å². The number of carbonyl (C=O) groups is 4. The van der Waals surface area contributed by atoms with Crippen molar-refractivity contribution in [2.24, 2.45) is 44.6 Å². The molecule has 4 atom stereocenters. The lowest BCUT2D eigenvalue weighted by molar-refractivity contribution is -0.143. The van der Waals surface area contributed by atoms with E-state index in [1.165, 1.54) is 0 Å². The second kappa shape index (κ2) is 17.2. The van der Waals surface area contributed by atoms with E-state index in [4.69, 9.17) is 28.7 Å². The Bertz CT molecular complexity index is 800. The SMILES string of the molecule is CC(C)C(NC(=O)C(CS)NC(=O)C(CCCN=C(N)N)NC(=O)C(N)CCCN=C(N)N)C(=O)O. The van der Waals surface area contributed by atoms with Gasteiger partial charge in [0.1, 0.15) is 18.1 Å². The summed E-state index contributed by atoms with van der Waals surface area (Å²) in [6, 6.07) is -4.29. The Labute approximate surface area is 215 Å². The van der Waals surface area contributed by atoms with Gasteiger partial charge in [-0.1, -0.05) is 13.8 Å². The van der Waals surface area contributed by atoms with Crippen molar-refractivity contribution in [1.82, 2.24) is 16.0 Å². The molecule has 4 unspecified atom stereocenters. The van der Waals surface area contributed by atoms with Crippen molar-refractivity contribution in [2.45, 2.75) is 63.7 Å². The summed E-state index contributed by atoms with van der Waals surface area (Å²) in [5.41, 5.74) is 27.1. The highest BCUT2D eigenvalue weighted by Gasteiger charge is 2.30. The molecule has 206 valence electrons. The Morgan fingerprint density at radius 3 is 1.72 bits per heavy atom. The molecule has 0 aromatic rings. The number of hydrogen-bond donors (Lipinski definition) is 10. The van der Waals surface area contributed by atoms with Gasteiger partial charge in [-0.05, 0) is 31.6 Å². The first-order valence-electron chi connectivity index (χ1n) is 11.4. The van der Waals surface area contributed by atoms with Crippen LogP contribution in [-0.4, -0.2) is 83.7 Å². The first kappa shape index (κ1) is 32.7. The second-order valence-corrected chi connectivity index (χ2v) is 8.74. The quantitative estimate of drug-likeness (QED) is 0.0382. The highest BCUT2D eigenvalue weighted by atomic mass is 32.1. The molecule has 0 saturated carbocycles. The number of nitrogens with one attached hydrogen (secondary N) is 3. The van der Waals surface area contributed by atoms with Gasteiger partial charge in [-0.3, -0.25) is 24.4 Å². The molecule has 0 spiro atoms. The lowest BCUT2D eigenvalue weighted by atomic mass is 10.0. The lowest BCUT2D eigenvalue weighted by Gasteiger charge is -2.25. The molecule has 0 rings (SSSR count). The first-order chi connectivity index (χ1) is 16.8. The minimum atomic E-state index is -1.21. The molecule has 36 heavy (non-hydrogen) atoms. The number of thiol groups is 1. The molecule has 3 amide bonds. The Kier molecular flexibility index (Phi) is 15.6. The van der Waals surface area contributed by atoms with E-state index in [2.05, 4.69) is 38.6 Å². The van der Waals surface area contributed by atoms with Crippen molar-refractivity contribution in [1.29, 1.82) is 0 Å². The van der Waals surface area contributed by atoms with Gasteiger partial charge in [0.25, 0.3) is 0 Å². The molecule has 0 aromatic heterocycles. The van der Waals surface area contributed by atoms with Crippen LogP contribution in [0.25, 0.3) is 0 Å². The molecule has 0 fully saturated rings. The molecule has 0 radical (unpaired) electrons. The fourth-order valence-corrected chi connectivity index (χ4v) is 3.19. The maximum absolute atomic E-state index is 13.0. The van der Waals surface area contributed by atoms with Crippen LogP contribution in [0.1, 0.15) is 39.5 Å². The molecule has 0 heterocycles. The number of aliphatic carboxylic acids is 1. The standard InChI is InChI=1S/C20H40N10O5S/c1-10(2)14(18(34)35)30-17(33)13(9-36)29-16(32)12(6-4-8-27-20(24)25)28-15(31)11(21)5-3-7-26-19(22)23/h10-14,36H,3-9,21H2,1-2H3,(H,28,31)(H,29,32)(H,30,33)(H,34,35)(H4,22,23,26)(H4,24,25,27). The summed E-state index contributed by atoms with van der Waals surface area (Å²) in [6.45, 7) is 3.77. The number of carboxylic acids is 1. The van der Waals surface area contributed by atoms with Gasteiger partial charge in [-0.25, -0.2) is 4.79 Å². The van der Waals surface area contributed by atoms with E-state index in [9.17, 15) is 24.3 Å². The minimum Gasteiger partial charge on any atom is -0.480 e. The van der Waals surface area contributed by atoms with Crippen LogP contribution in [0.3, 0.4) is 0 Å². The van der Waals surface area contributed by atoms with Crippen LogP contribution < -0.4 is 44.6 Å². The Hall–Kier alpha value is -3.27. The lowest BCUT2D eigenvalue weighted by Crippen LogP contribution is -2.58. The van der Waals surface area contributed by atoms with Crippen LogP contribution in [0.4, 0.5) is 0 Å². The van der Waals surface area contributed by atoms with Crippen molar-refractivity contribution in [3.8, 4) is 0 Å². The maximum Gasteiger partial charge on any atom is 0.326 e. The Morgan fingerprint density at radius 2 is 1.28 bits per heavy atom. The topological polar surface area (TPSA) is 279 Å². The van der Waals surface area contributed by atoms with Crippen molar-refractivity contribution in [3.63, 3.8) is 0 Å². The van der Waals surface area contributed by atoms with Gasteiger partial charge in [0, 0.05) is 18.8 Å². The predicted molar refractivity (Wildman–Crippen MR) is 140 cm³/mol. The fraction of sp³-hybridized carbons (Fsp3) is 0.700. The van der Waals surface area contributed by atoms with Gasteiger partial charge in [0.05, 0.1) is 6.04 Å². The smallest absolute Gasteiger partial charge is 0.326 e. The summed E-state index contributed by atoms with van der Waals surface area (Å²) in [7, 11) is 0. The largest absolute Gasteiger partial charge is 0.480 e. The molecular formula is C20H40N10O5S. The number of guanidine groups is 2. The maximum atomic E-state index is 13.0. The van der Waals surface area contributed by atoms with Crippen LogP contribution in [0.5, 0.6) is 0 Å². The predicted octanol–water partition coefficient (Wildman–Crippen LogP) is -3.45. The number of nitrogens with two attached hydrogens (primary N) is 5. The molecule has 16 heteroatoms. The van der Waals surface area contributed by atoms with Crippen LogP contribution in [0.2, 0.25) is 0 Å². The van der Waals surface area contributed by atoms with Crippen molar-refractivity contribution < 1.29 is 24.3 Å². The molecule has 15 nitrogen and oxygen atoms in total. The fourth-order valence-electron chi connectivity index (χ4n) is 2.94. The van der Waals surface area contributed by atoms with E-state index < -0.39 is 53.8 Å². The molecule has 0 aliphatic carbocycles. The average Bonchev–Trinajstić information content (AvgIpc) is 2.79. The van der Waals surface area contributed by atoms with Crippen LogP contribution in [-0.2, 0) is 19.2 Å². The number of rotatable bonds is 17. The number of hydrogen-bond acceptors (Lipinski definition) is 8. The summed E-state index contributed by atoms with van der Waals surface area (Å²) >= 11 is 4.09. The van der Waals surface area contributed by atoms with Crippen molar-refractivity contribution in [3.05, 3.63) is 0 Å². The van der Waals surface area contributed by atoms with Crippen molar-refractivity contribution >= 4 is 48.2 Å². The number of carboxylic acid groups (broad SMARTS) is 1. The Balaban J connectivity index is 5.32. The van der Waals surface area contributed by atoms with Crippen LogP contribution in [0, 0.1) is 5.92 Å². The van der Waals surface area contributed by atoms with Gasteiger partial charge in [-0.2, -0.15) is 12.6 Å². The van der Waals surface area contributed by atoms with Crippen LogP contribution in [0.15, 0.2) is 9.98 Å². The monoisotopic (exact) mass is 532 g/mol. The van der Waals surface area contributed by atoms with E-state index >= 15 is 0 Å². The number of carbonyl (C=O) groups excluding carboxylic acids is 3. The summed E-state index contributed by atoms with van der Waals surface area (Å²) in [5.74, 6) is -3.88. The zero-order chi connectivity index (χ0) is 27.8. The van der Waals surface area contributed by atoms with E-state index in [0.29, 0.717) is 12.8 Å². The third kappa shape index (κ3) is 13.6. The summed E-state index contributed by atoms with van der Waals surface area (Å²) in [6.07, 6.45) is 1.18. The summed E-state index contributed by atoms with van der Waals surface area (Å²) < 4.78 is 0. The van der Waals surface area contributed by atoms with Gasteiger partial charge in [0.15, 0.2) is 11.9 Å². The van der Waals surface area contributed by atoms with Crippen molar-refractivity contribution in [2.75, 3.05) is 18.8 Å². The second-order valence-electron chi connectivity index (χ2n) is 8.38. The number of amides is 3. The molecule has 0 aliphatic rings. The highest BCUT2D eigenvalue weighted by molar-refractivity contribution is 7.80. The molecule has 0 aromatic carbocycles. The van der Waals surface area contributed by atoms with Crippen LogP contribution >= 0.6 is 12.6 Å². The van der Waals surface area contributed by atoms with Gasteiger partial charge >= 0.3 is 5.97 Å². The van der Waals surface area contributed by atoms with E-state index in [0.717, 1.165) is 0 Å². The molecular weight excluding hydrogens is 492 g/mol. The van der Waals surface area contributed by atoms with E-state index in [1.807, 2.05) is 0 Å². The number of aliphatic imine (C=N–C) groups is 2. The summed E-state index contributed by atoms with van der Waals surface area (Å²) in [4.78, 5) is 57.2. The third-order valence-corrected chi connectivity index (χ3v) is 5.29. The number of nitrogens with zero attached hydrogens (tertiary/aromatic N) is 2. The zero-order valence-corrected chi connectivity index (χ0v) is 21.5. The normalized spacial score (nSPS) is 14.0. The average molecular weight is 533 g/mol. The molecule has 0 saturated heterocycles. The van der Waals surface area contributed by atoms with Gasteiger partial charge in [0.2, 0.25) is 17.7 Å². The molecule has 0 bridgehead atoms. The third-order valence-electron chi connectivity index (χ3n) is 4.93. The van der Waals surface area contributed by atoms with Gasteiger partial charge in [-0.15, -0.1) is 0 Å². The molecule has 0 aliphatic heterocycles.